The Bertz CT molecular complexity index is 403. The Morgan fingerprint density at radius 3 is 1.90 bits per heavy atom. The van der Waals surface area contributed by atoms with Gasteiger partial charge in [-0.25, -0.2) is 0 Å². The molecule has 0 aromatic heterocycles. The fraction of sp³-hybridized carbons (Fsp3) is 1.00. The van der Waals surface area contributed by atoms with Gasteiger partial charge in [0.1, 0.15) is 0 Å². The molecule has 0 saturated heterocycles. The van der Waals surface area contributed by atoms with Gasteiger partial charge in [-0.3, -0.25) is 4.18 Å². The van der Waals surface area contributed by atoms with Gasteiger partial charge in [0.25, 0.3) is 10.1 Å². The molecule has 1 saturated carbocycles. The van der Waals surface area contributed by atoms with Crippen molar-refractivity contribution >= 4 is 18.4 Å². The van der Waals surface area contributed by atoms with Gasteiger partial charge in [-0.1, -0.05) is 20.8 Å². The summed E-state index contributed by atoms with van der Waals surface area (Å²) in [5.74, 6) is 0.0490. The van der Waals surface area contributed by atoms with E-state index in [0.29, 0.717) is 0 Å². The summed E-state index contributed by atoms with van der Waals surface area (Å²) in [6.07, 6.45) is 3.46. The van der Waals surface area contributed by atoms with Crippen molar-refractivity contribution in [2.75, 3.05) is 5.75 Å². The molecule has 0 atom stereocenters. The third-order valence-corrected chi connectivity index (χ3v) is 10.3. The van der Waals surface area contributed by atoms with Crippen molar-refractivity contribution in [2.24, 2.45) is 0 Å². The summed E-state index contributed by atoms with van der Waals surface area (Å²) < 4.78 is 34.5. The zero-order valence-electron chi connectivity index (χ0n) is 13.7. The third kappa shape index (κ3) is 5.13. The van der Waals surface area contributed by atoms with Crippen molar-refractivity contribution in [1.82, 2.24) is 0 Å². The summed E-state index contributed by atoms with van der Waals surface area (Å²) in [6.45, 7) is 12.8. The van der Waals surface area contributed by atoms with Gasteiger partial charge in [-0.2, -0.15) is 8.42 Å². The monoisotopic (exact) mass is 322 g/mol. The zero-order valence-corrected chi connectivity index (χ0v) is 15.5. The minimum atomic E-state index is -3.33. The molecule has 1 fully saturated rings. The van der Waals surface area contributed by atoms with E-state index in [0.717, 1.165) is 25.7 Å². The van der Waals surface area contributed by atoms with Gasteiger partial charge in [0.2, 0.25) is 0 Å². The van der Waals surface area contributed by atoms with Crippen molar-refractivity contribution in [3.8, 4) is 0 Å². The zero-order chi connectivity index (χ0) is 15.6. The minimum absolute atomic E-state index is 0.0490. The highest BCUT2D eigenvalue weighted by Crippen LogP contribution is 2.39. The molecular formula is C14H30O4SSi. The molecular weight excluding hydrogens is 292 g/mol. The fourth-order valence-corrected chi connectivity index (χ4v) is 4.28. The van der Waals surface area contributed by atoms with E-state index >= 15 is 0 Å². The van der Waals surface area contributed by atoms with E-state index < -0.39 is 18.4 Å². The quantitative estimate of drug-likeness (QED) is 0.572. The molecule has 0 aliphatic heterocycles. The van der Waals surface area contributed by atoms with E-state index in [1.165, 1.54) is 0 Å². The van der Waals surface area contributed by atoms with Crippen LogP contribution >= 0.6 is 0 Å². The summed E-state index contributed by atoms with van der Waals surface area (Å²) in [4.78, 5) is 0. The van der Waals surface area contributed by atoms with Crippen LogP contribution in [-0.4, -0.2) is 34.7 Å². The first-order valence-electron chi connectivity index (χ1n) is 7.55. The molecule has 0 bridgehead atoms. The SMILES string of the molecule is CCS(=O)(=O)OC1CCC(O[Si](C)(C)C(C)(C)C)CC1. The Balaban J connectivity index is 2.47. The lowest BCUT2D eigenvalue weighted by Gasteiger charge is -2.41. The molecule has 0 radical (unpaired) electrons. The number of hydrogen-bond acceptors (Lipinski definition) is 4. The molecule has 4 nitrogen and oxygen atoms in total. The topological polar surface area (TPSA) is 52.6 Å². The third-order valence-electron chi connectivity index (χ3n) is 4.52. The van der Waals surface area contributed by atoms with E-state index in [4.69, 9.17) is 8.61 Å². The first kappa shape index (κ1) is 18.1. The average Bonchev–Trinajstić information content (AvgIpc) is 2.29. The lowest BCUT2D eigenvalue weighted by Crippen LogP contribution is -2.45. The lowest BCUT2D eigenvalue weighted by atomic mass is 9.95. The van der Waals surface area contributed by atoms with Crippen LogP contribution in [0, 0.1) is 0 Å². The number of hydrogen-bond donors (Lipinski definition) is 0. The van der Waals surface area contributed by atoms with Crippen LogP contribution in [0.25, 0.3) is 0 Å². The first-order valence-corrected chi connectivity index (χ1v) is 12.0. The van der Waals surface area contributed by atoms with E-state index in [1.807, 2.05) is 0 Å². The van der Waals surface area contributed by atoms with Gasteiger partial charge in [0, 0.05) is 6.10 Å². The van der Waals surface area contributed by atoms with E-state index in [1.54, 1.807) is 6.92 Å². The molecule has 1 rings (SSSR count). The van der Waals surface area contributed by atoms with Crippen LogP contribution in [-0.2, 0) is 18.7 Å². The molecule has 0 aromatic rings. The standard InChI is InChI=1S/C14H30O4SSi/c1-7-19(15,16)17-12-8-10-13(11-9-12)18-20(5,6)14(2,3)4/h12-13H,7-11H2,1-6H3. The average molecular weight is 323 g/mol. The Morgan fingerprint density at radius 2 is 1.50 bits per heavy atom. The van der Waals surface area contributed by atoms with Crippen LogP contribution in [0.15, 0.2) is 0 Å². The highest BCUT2D eigenvalue weighted by atomic mass is 32.2. The first-order chi connectivity index (χ1) is 8.97. The predicted octanol–water partition coefficient (Wildman–Crippen LogP) is 3.69. The molecule has 0 spiro atoms. The van der Waals surface area contributed by atoms with Crippen LogP contribution in [0.4, 0.5) is 0 Å². The molecule has 0 N–H and O–H groups in total. The molecule has 1 aliphatic rings. The molecule has 20 heavy (non-hydrogen) atoms. The van der Waals surface area contributed by atoms with E-state index in [-0.39, 0.29) is 23.0 Å². The second-order valence-corrected chi connectivity index (χ2v) is 13.9. The molecule has 0 unspecified atom stereocenters. The molecule has 1 aliphatic carbocycles. The van der Waals surface area contributed by atoms with Crippen molar-refractivity contribution in [3.63, 3.8) is 0 Å². The lowest BCUT2D eigenvalue weighted by molar-refractivity contribution is 0.0758. The van der Waals surface area contributed by atoms with Crippen LogP contribution < -0.4 is 0 Å². The maximum atomic E-state index is 11.5. The smallest absolute Gasteiger partial charge is 0.267 e. The summed E-state index contributed by atoms with van der Waals surface area (Å²) in [7, 11) is -5.05. The van der Waals surface area contributed by atoms with E-state index in [2.05, 4.69) is 33.9 Å². The van der Waals surface area contributed by atoms with Crippen LogP contribution in [0.1, 0.15) is 53.4 Å². The predicted molar refractivity (Wildman–Crippen MR) is 84.9 cm³/mol. The summed E-state index contributed by atoms with van der Waals surface area (Å²) >= 11 is 0. The molecule has 0 heterocycles. The highest BCUT2D eigenvalue weighted by Gasteiger charge is 2.40. The van der Waals surface area contributed by atoms with E-state index in [9.17, 15) is 8.42 Å². The summed E-state index contributed by atoms with van der Waals surface area (Å²) in [5.41, 5.74) is 0. The maximum absolute atomic E-state index is 11.5. The summed E-state index contributed by atoms with van der Waals surface area (Å²) in [6, 6.07) is 0. The second-order valence-electron chi connectivity index (χ2n) is 7.22. The number of rotatable bonds is 5. The molecule has 6 heteroatoms. The van der Waals surface area contributed by atoms with Crippen molar-refractivity contribution in [2.45, 2.75) is 83.7 Å². The van der Waals surface area contributed by atoms with Crippen LogP contribution in [0.3, 0.4) is 0 Å². The van der Waals surface area contributed by atoms with Crippen LogP contribution in [0.5, 0.6) is 0 Å². The maximum Gasteiger partial charge on any atom is 0.267 e. The Morgan fingerprint density at radius 1 is 1.05 bits per heavy atom. The van der Waals surface area contributed by atoms with Gasteiger partial charge < -0.3 is 4.43 Å². The fourth-order valence-electron chi connectivity index (χ4n) is 2.12. The van der Waals surface area contributed by atoms with Gasteiger partial charge >= 0.3 is 0 Å². The summed E-state index contributed by atoms with van der Waals surface area (Å²) in [5, 5.41) is 0.214. The van der Waals surface area contributed by atoms with Crippen molar-refractivity contribution in [1.29, 1.82) is 0 Å². The van der Waals surface area contributed by atoms with Gasteiger partial charge in [0.05, 0.1) is 11.9 Å². The Kier molecular flexibility index (Phi) is 5.86. The van der Waals surface area contributed by atoms with Gasteiger partial charge in [0.15, 0.2) is 8.32 Å². The largest absolute Gasteiger partial charge is 0.414 e. The molecule has 120 valence electrons. The van der Waals surface area contributed by atoms with Crippen molar-refractivity contribution < 1.29 is 17.0 Å². The highest BCUT2D eigenvalue weighted by molar-refractivity contribution is 7.86. The molecule has 0 amide bonds. The van der Waals surface area contributed by atoms with Crippen molar-refractivity contribution in [3.05, 3.63) is 0 Å². The second kappa shape index (κ2) is 6.46. The Hall–Kier alpha value is 0.0869. The normalized spacial score (nSPS) is 25.7. The van der Waals surface area contributed by atoms with Gasteiger partial charge in [-0.05, 0) is 50.7 Å². The van der Waals surface area contributed by atoms with Crippen LogP contribution in [0.2, 0.25) is 18.1 Å². The van der Waals surface area contributed by atoms with Gasteiger partial charge in [-0.15, -0.1) is 0 Å². The molecule has 0 aromatic carbocycles. The minimum Gasteiger partial charge on any atom is -0.414 e. The Labute approximate surface area is 125 Å².